The topological polar surface area (TPSA) is 0 Å². The van der Waals surface area contributed by atoms with Crippen LogP contribution in [0.3, 0.4) is 0 Å². The molecule has 0 aliphatic heterocycles. The molecule has 0 amide bonds. The Morgan fingerprint density at radius 3 is 2.33 bits per heavy atom. The van der Waals surface area contributed by atoms with Gasteiger partial charge >= 0.3 is 0 Å². The van der Waals surface area contributed by atoms with Crippen LogP contribution in [0.1, 0.15) is 28.4 Å². The third kappa shape index (κ3) is 2.78. The van der Waals surface area contributed by atoms with Crippen molar-refractivity contribution >= 4 is 15.9 Å². The summed E-state index contributed by atoms with van der Waals surface area (Å²) in [6.07, 6.45) is 0.960. The highest BCUT2D eigenvalue weighted by molar-refractivity contribution is 9.09. The number of benzene rings is 2. The summed E-state index contributed by atoms with van der Waals surface area (Å²) in [7, 11) is 0. The molecule has 0 saturated heterocycles. The van der Waals surface area contributed by atoms with Crippen LogP contribution >= 0.6 is 15.9 Å². The van der Waals surface area contributed by atoms with Crippen LogP contribution < -0.4 is 0 Å². The zero-order chi connectivity index (χ0) is 13.1. The molecule has 2 aromatic carbocycles. The van der Waals surface area contributed by atoms with Crippen LogP contribution in [0, 0.1) is 11.6 Å². The van der Waals surface area contributed by atoms with Gasteiger partial charge in [0.1, 0.15) is 11.6 Å². The molecule has 2 rings (SSSR count). The summed E-state index contributed by atoms with van der Waals surface area (Å²) in [5.41, 5.74) is 2.45. The van der Waals surface area contributed by atoms with Gasteiger partial charge in [-0.3, -0.25) is 0 Å². The van der Waals surface area contributed by atoms with E-state index in [1.54, 1.807) is 0 Å². The van der Waals surface area contributed by atoms with Crippen LogP contribution in [0.25, 0.3) is 0 Å². The lowest BCUT2D eigenvalue weighted by Crippen LogP contribution is -1.98. The second kappa shape index (κ2) is 5.61. The van der Waals surface area contributed by atoms with Gasteiger partial charge in [0.25, 0.3) is 0 Å². The van der Waals surface area contributed by atoms with Crippen molar-refractivity contribution in [2.24, 2.45) is 0 Å². The summed E-state index contributed by atoms with van der Waals surface area (Å²) in [6.45, 7) is 2.08. The van der Waals surface area contributed by atoms with E-state index in [-0.39, 0.29) is 4.83 Å². The lowest BCUT2D eigenvalue weighted by Gasteiger charge is -2.12. The van der Waals surface area contributed by atoms with Crippen LogP contribution in [0.15, 0.2) is 42.5 Å². The lowest BCUT2D eigenvalue weighted by atomic mass is 10.0. The van der Waals surface area contributed by atoms with Crippen molar-refractivity contribution in [1.29, 1.82) is 0 Å². The molecule has 2 aromatic rings. The Morgan fingerprint density at radius 1 is 1.06 bits per heavy atom. The van der Waals surface area contributed by atoms with Gasteiger partial charge in [0, 0.05) is 5.56 Å². The van der Waals surface area contributed by atoms with Gasteiger partial charge in [0.2, 0.25) is 0 Å². The van der Waals surface area contributed by atoms with Crippen molar-refractivity contribution in [3.8, 4) is 0 Å². The van der Waals surface area contributed by atoms with Crippen molar-refractivity contribution in [1.82, 2.24) is 0 Å². The number of rotatable bonds is 3. The van der Waals surface area contributed by atoms with Crippen molar-refractivity contribution in [2.75, 3.05) is 0 Å². The first-order chi connectivity index (χ1) is 8.61. The average molecular weight is 311 g/mol. The van der Waals surface area contributed by atoms with Gasteiger partial charge in [-0.05, 0) is 35.7 Å². The van der Waals surface area contributed by atoms with E-state index >= 15 is 0 Å². The Morgan fingerprint density at radius 2 is 1.72 bits per heavy atom. The fourth-order valence-corrected chi connectivity index (χ4v) is 2.47. The van der Waals surface area contributed by atoms with Crippen molar-refractivity contribution in [2.45, 2.75) is 18.2 Å². The maximum atomic E-state index is 13.7. The molecule has 94 valence electrons. The fourth-order valence-electron chi connectivity index (χ4n) is 1.81. The zero-order valence-corrected chi connectivity index (χ0v) is 11.5. The summed E-state index contributed by atoms with van der Waals surface area (Å²) >= 11 is 3.42. The van der Waals surface area contributed by atoms with Crippen LogP contribution in [-0.2, 0) is 6.42 Å². The van der Waals surface area contributed by atoms with Gasteiger partial charge in [-0.2, -0.15) is 0 Å². The maximum absolute atomic E-state index is 13.7. The third-order valence-corrected chi connectivity index (χ3v) is 3.93. The molecule has 1 atom stereocenters. The molecule has 0 nitrogen and oxygen atoms in total. The Hall–Kier alpha value is -1.22. The minimum absolute atomic E-state index is 0.319. The summed E-state index contributed by atoms with van der Waals surface area (Å²) in [6, 6.07) is 11.4. The smallest absolute Gasteiger partial charge is 0.128 e. The molecule has 0 N–H and O–H groups in total. The van der Waals surface area contributed by atoms with Crippen LogP contribution in [0.2, 0.25) is 0 Å². The van der Waals surface area contributed by atoms with E-state index in [1.165, 1.54) is 11.6 Å². The first-order valence-electron chi connectivity index (χ1n) is 5.79. The molecule has 0 aliphatic carbocycles. The number of aryl methyl sites for hydroxylation is 1. The van der Waals surface area contributed by atoms with Gasteiger partial charge in [-0.1, -0.05) is 47.1 Å². The second-order valence-corrected chi connectivity index (χ2v) is 5.04. The molecule has 0 aromatic heterocycles. The predicted molar refractivity (Wildman–Crippen MR) is 72.9 cm³/mol. The molecule has 0 radical (unpaired) electrons. The molecule has 0 bridgehead atoms. The lowest BCUT2D eigenvalue weighted by molar-refractivity contribution is 0.588. The van der Waals surface area contributed by atoms with E-state index in [0.29, 0.717) is 5.56 Å². The highest BCUT2D eigenvalue weighted by Gasteiger charge is 2.15. The van der Waals surface area contributed by atoms with Crippen LogP contribution in [-0.4, -0.2) is 0 Å². The van der Waals surface area contributed by atoms with Crippen LogP contribution in [0.5, 0.6) is 0 Å². The molecule has 0 aliphatic rings. The molecule has 0 heterocycles. The minimum Gasteiger partial charge on any atom is -0.207 e. The minimum atomic E-state index is -0.430. The normalized spacial score (nSPS) is 12.4. The summed E-state index contributed by atoms with van der Waals surface area (Å²) in [5.74, 6) is -0.834. The van der Waals surface area contributed by atoms with Crippen molar-refractivity contribution in [3.05, 3.63) is 70.8 Å². The number of hydrogen-bond donors (Lipinski definition) is 0. The highest BCUT2D eigenvalue weighted by atomic mass is 79.9. The maximum Gasteiger partial charge on any atom is 0.128 e. The van der Waals surface area contributed by atoms with Gasteiger partial charge in [0.15, 0.2) is 0 Å². The van der Waals surface area contributed by atoms with Gasteiger partial charge in [-0.25, -0.2) is 8.78 Å². The monoisotopic (exact) mass is 310 g/mol. The first kappa shape index (κ1) is 13.2. The number of alkyl halides is 1. The Balaban J connectivity index is 2.34. The Bertz CT molecular complexity index is 535. The van der Waals surface area contributed by atoms with E-state index in [0.717, 1.165) is 24.1 Å². The summed E-state index contributed by atoms with van der Waals surface area (Å²) in [4.78, 5) is -0.334. The van der Waals surface area contributed by atoms with Gasteiger partial charge in [0.05, 0.1) is 4.83 Å². The average Bonchev–Trinajstić information content (AvgIpc) is 2.41. The third-order valence-electron chi connectivity index (χ3n) is 2.91. The predicted octanol–water partition coefficient (Wildman–Crippen LogP) is 5.01. The number of halogens is 3. The van der Waals surface area contributed by atoms with Crippen molar-refractivity contribution in [3.63, 3.8) is 0 Å². The molecular formula is C15H13BrF2. The van der Waals surface area contributed by atoms with E-state index in [9.17, 15) is 8.78 Å². The van der Waals surface area contributed by atoms with E-state index in [4.69, 9.17) is 0 Å². The van der Waals surface area contributed by atoms with E-state index in [1.807, 2.05) is 24.3 Å². The van der Waals surface area contributed by atoms with Crippen molar-refractivity contribution < 1.29 is 8.78 Å². The molecule has 0 fully saturated rings. The summed E-state index contributed by atoms with van der Waals surface area (Å²) < 4.78 is 26.8. The Kier molecular flexibility index (Phi) is 4.12. The van der Waals surface area contributed by atoms with E-state index < -0.39 is 11.6 Å². The van der Waals surface area contributed by atoms with Gasteiger partial charge in [-0.15, -0.1) is 0 Å². The summed E-state index contributed by atoms with van der Waals surface area (Å²) in [5, 5.41) is 0. The quantitative estimate of drug-likeness (QED) is 0.699. The molecule has 0 saturated carbocycles. The molecule has 3 heteroatoms. The van der Waals surface area contributed by atoms with E-state index in [2.05, 4.69) is 22.9 Å². The standard InChI is InChI=1S/C15H13BrF2/c1-2-10-3-5-11(6-4-10)15(16)13-9-12(17)7-8-14(13)18/h3-9,15H,2H2,1H3. The Labute approximate surface area is 114 Å². The number of hydrogen-bond acceptors (Lipinski definition) is 0. The molecular weight excluding hydrogens is 298 g/mol. The largest absolute Gasteiger partial charge is 0.207 e. The zero-order valence-electron chi connectivity index (χ0n) is 9.96. The first-order valence-corrected chi connectivity index (χ1v) is 6.71. The molecule has 0 spiro atoms. The second-order valence-electron chi connectivity index (χ2n) is 4.12. The SMILES string of the molecule is CCc1ccc(C(Br)c2cc(F)ccc2F)cc1. The highest BCUT2D eigenvalue weighted by Crippen LogP contribution is 2.32. The molecule has 18 heavy (non-hydrogen) atoms. The van der Waals surface area contributed by atoms with Gasteiger partial charge < -0.3 is 0 Å². The van der Waals surface area contributed by atoms with Crippen LogP contribution in [0.4, 0.5) is 8.78 Å². The molecule has 1 unspecified atom stereocenters. The fraction of sp³-hybridized carbons (Fsp3) is 0.200.